The first-order valence-corrected chi connectivity index (χ1v) is 30.8. The number of ether oxygens (including phenoxy) is 2. The van der Waals surface area contributed by atoms with Gasteiger partial charge in [0.25, 0.3) is 0 Å². The highest BCUT2D eigenvalue weighted by molar-refractivity contribution is 7.97. The summed E-state index contributed by atoms with van der Waals surface area (Å²) >= 11 is 0. The predicted octanol–water partition coefficient (Wildman–Crippen LogP) is 14.9. The molecule has 8 saturated carbocycles. The number of aliphatic hydroxyl groups is 2. The third-order valence-corrected chi connectivity index (χ3v) is 21.2. The molecule has 4 unspecified atom stereocenters. The Balaban J connectivity index is 0.000000155. The minimum absolute atomic E-state index is 0. The number of carbonyl (C=O) groups excluding carboxylic acids is 2. The summed E-state index contributed by atoms with van der Waals surface area (Å²) in [5.74, 6) is -7.90. The van der Waals surface area contributed by atoms with E-state index in [1.165, 1.54) is 46.1 Å². The van der Waals surface area contributed by atoms with E-state index in [4.69, 9.17) is 9.47 Å². The van der Waals surface area contributed by atoms with Crippen LogP contribution < -0.4 is 0 Å². The molecule has 14 heteroatoms. The van der Waals surface area contributed by atoms with Crippen molar-refractivity contribution in [2.75, 3.05) is 13.2 Å². The smallest absolute Gasteiger partial charge is 0.376 e. The van der Waals surface area contributed by atoms with Crippen LogP contribution >= 0.6 is 0 Å². The van der Waals surface area contributed by atoms with Gasteiger partial charge in [0.2, 0.25) is 0 Å². The van der Waals surface area contributed by atoms with Crippen LogP contribution in [0.4, 0.5) is 17.6 Å². The molecular formula is C68H82B2F4O6S2+2. The Labute approximate surface area is 493 Å². The van der Waals surface area contributed by atoms with Gasteiger partial charge in [0.05, 0.1) is 46.2 Å². The highest BCUT2D eigenvalue weighted by atomic mass is 32.2. The summed E-state index contributed by atoms with van der Waals surface area (Å²) in [7, 11) is 5.95. The van der Waals surface area contributed by atoms with Gasteiger partial charge in [0.1, 0.15) is 0 Å². The van der Waals surface area contributed by atoms with Gasteiger partial charge in [0, 0.05) is 40.2 Å². The third-order valence-electron chi connectivity index (χ3n) is 16.7. The summed E-state index contributed by atoms with van der Waals surface area (Å²) in [5.41, 5.74) is 2.09. The van der Waals surface area contributed by atoms with Crippen LogP contribution in [0.25, 0.3) is 0 Å². The second-order valence-corrected chi connectivity index (χ2v) is 28.3. The van der Waals surface area contributed by atoms with Gasteiger partial charge in [-0.3, -0.25) is 0 Å². The van der Waals surface area contributed by atoms with Crippen LogP contribution in [-0.2, 0) is 40.9 Å². The lowest BCUT2D eigenvalue weighted by atomic mass is 9.48. The standard InChI is InChI=1S/C21H21S.C18H15S.2C14H20F2O3.CH4.B2H2/c1-16-4-10-19(11-5-16)22(20-12-6-17(2)7-13-20)21-14-8-18(3)9-15-21;1-4-10-16(11-5-1)19(17-12-6-2-7-13-17)18-14-8-3-9-15-18;2*1-12(15,16)11(17)19-8-13-3-9-2-10(4-13)6-14(18,5-9)7-13;;1-2/h4-15H,1-3H3;1-15H;2*9-10,18H,2-8H2,1H3;1H4;1-2H/q2*+1;;;;. The van der Waals surface area contributed by atoms with E-state index in [-0.39, 0.29) is 53.3 Å². The van der Waals surface area contributed by atoms with Gasteiger partial charge in [-0.2, -0.15) is 17.6 Å². The molecule has 8 aliphatic rings. The molecule has 0 spiro atoms. The Morgan fingerprint density at radius 3 is 0.902 bits per heavy atom. The lowest BCUT2D eigenvalue weighted by molar-refractivity contribution is -0.197. The average Bonchev–Trinajstić information content (AvgIpc) is 2.96. The Hall–Kier alpha value is -5.27. The van der Waals surface area contributed by atoms with Crippen LogP contribution in [0.5, 0.6) is 0 Å². The Morgan fingerprint density at radius 2 is 0.683 bits per heavy atom. The molecule has 2 radical (unpaired) electrons. The molecule has 14 rings (SSSR count). The van der Waals surface area contributed by atoms with E-state index < -0.39 is 35.0 Å². The van der Waals surface area contributed by atoms with Crippen molar-refractivity contribution >= 4 is 49.2 Å². The number of carbonyl (C=O) groups is 2. The molecule has 0 aromatic heterocycles. The number of rotatable bonds is 12. The largest absolute Gasteiger partial charge is 0.461 e. The Kier molecular flexibility index (Phi) is 21.3. The van der Waals surface area contributed by atoms with Gasteiger partial charge in [-0.05, 0) is 194 Å². The monoisotopic (exact) mass is 1160 g/mol. The van der Waals surface area contributed by atoms with Crippen LogP contribution in [-0.4, -0.2) is 73.9 Å². The zero-order valence-electron chi connectivity index (χ0n) is 47.6. The quantitative estimate of drug-likeness (QED) is 0.0549. The summed E-state index contributed by atoms with van der Waals surface area (Å²) in [6, 6.07) is 59.0. The van der Waals surface area contributed by atoms with Gasteiger partial charge >= 0.3 is 23.8 Å². The first kappa shape index (κ1) is 64.3. The van der Waals surface area contributed by atoms with E-state index in [9.17, 15) is 37.4 Å². The van der Waals surface area contributed by atoms with E-state index in [1.807, 2.05) is 0 Å². The predicted molar refractivity (Wildman–Crippen MR) is 326 cm³/mol. The van der Waals surface area contributed by atoms with Crippen molar-refractivity contribution in [1.82, 2.24) is 0 Å². The normalized spacial score (nSPS) is 26.0. The molecule has 0 saturated heterocycles. The van der Waals surface area contributed by atoms with Crippen LogP contribution in [0.15, 0.2) is 193 Å². The van der Waals surface area contributed by atoms with Crippen LogP contribution in [0, 0.1) is 55.3 Å². The maximum absolute atomic E-state index is 12.8. The second-order valence-electron chi connectivity index (χ2n) is 24.3. The number of hydrogen-bond donors (Lipinski definition) is 2. The molecule has 8 fully saturated rings. The zero-order chi connectivity index (χ0) is 58.2. The van der Waals surface area contributed by atoms with E-state index in [0.29, 0.717) is 50.4 Å². The summed E-state index contributed by atoms with van der Waals surface area (Å²) in [4.78, 5) is 30.6. The lowest BCUT2D eigenvalue weighted by Gasteiger charge is -2.59. The van der Waals surface area contributed by atoms with Gasteiger partial charge in [-0.25, -0.2) is 9.59 Å². The number of alkyl halides is 4. The Morgan fingerprint density at radius 1 is 0.451 bits per heavy atom. The molecule has 6 aromatic rings. The first-order valence-electron chi connectivity index (χ1n) is 28.4. The van der Waals surface area contributed by atoms with Crippen molar-refractivity contribution in [3.8, 4) is 0 Å². The Bertz CT molecular complexity index is 2670. The lowest BCUT2D eigenvalue weighted by Crippen LogP contribution is -2.57. The van der Waals surface area contributed by atoms with Crippen LogP contribution in [0.1, 0.15) is 115 Å². The molecule has 6 aromatic carbocycles. The molecule has 4 atom stereocenters. The zero-order valence-corrected chi connectivity index (χ0v) is 49.2. The molecule has 0 heterocycles. The molecule has 8 bridgehead atoms. The van der Waals surface area contributed by atoms with Crippen LogP contribution in [0.2, 0.25) is 0 Å². The molecule has 434 valence electrons. The third kappa shape index (κ3) is 16.5. The molecule has 0 amide bonds. The topological polar surface area (TPSA) is 93.1 Å². The molecule has 8 aliphatic carbocycles. The van der Waals surface area contributed by atoms with E-state index >= 15 is 0 Å². The fourth-order valence-corrected chi connectivity index (χ4v) is 18.5. The fraction of sp³-hybridized carbons (Fsp3) is 0.441. The molecular weight excluding hydrogens is 1070 g/mol. The highest BCUT2D eigenvalue weighted by Gasteiger charge is 2.59. The molecule has 82 heavy (non-hydrogen) atoms. The van der Waals surface area contributed by atoms with Crippen molar-refractivity contribution in [3.63, 3.8) is 0 Å². The second kappa shape index (κ2) is 27.2. The summed E-state index contributed by atoms with van der Waals surface area (Å²) in [5, 5.41) is 21.0. The number of benzene rings is 6. The summed E-state index contributed by atoms with van der Waals surface area (Å²) < 4.78 is 61.0. The average molecular weight is 1160 g/mol. The van der Waals surface area contributed by atoms with Crippen molar-refractivity contribution in [3.05, 3.63) is 180 Å². The maximum atomic E-state index is 12.8. The van der Waals surface area contributed by atoms with Crippen molar-refractivity contribution in [2.45, 2.75) is 172 Å². The van der Waals surface area contributed by atoms with E-state index in [0.717, 1.165) is 64.2 Å². The minimum atomic E-state index is -3.43. The molecule has 0 aliphatic heterocycles. The number of esters is 2. The number of halogens is 4. The van der Waals surface area contributed by atoms with Crippen molar-refractivity contribution in [1.29, 1.82) is 0 Å². The molecule has 6 nitrogen and oxygen atoms in total. The minimum Gasteiger partial charge on any atom is -0.461 e. The van der Waals surface area contributed by atoms with Crippen LogP contribution in [0.3, 0.4) is 0 Å². The van der Waals surface area contributed by atoms with Gasteiger partial charge < -0.3 is 19.7 Å². The van der Waals surface area contributed by atoms with E-state index in [2.05, 4.69) is 200 Å². The SMILES string of the molecule is C.CC(F)(F)C(=O)OCC12CC3CC(CC(O)(C3)C1)C2.CC(F)(F)C(=O)OCC12CC3CC(CC(O)(C3)C1)C2.Cc1ccc([S+](c2ccc(C)cc2)c2ccc(C)cc2)cc1.[BH][BH].c1ccc([S+](c2ccccc2)c2ccccc2)cc1. The fourth-order valence-electron chi connectivity index (χ4n) is 14.3. The van der Waals surface area contributed by atoms with Gasteiger partial charge in [-0.1, -0.05) is 115 Å². The highest BCUT2D eigenvalue weighted by Crippen LogP contribution is 2.63. The number of aryl methyl sites for hydroxylation is 3. The van der Waals surface area contributed by atoms with Crippen molar-refractivity contribution < 1.29 is 46.8 Å². The van der Waals surface area contributed by atoms with Gasteiger partial charge in [-0.15, -0.1) is 0 Å². The molecule has 2 N–H and O–H groups in total. The summed E-state index contributed by atoms with van der Waals surface area (Å²) in [6.07, 6.45) is 10.3. The maximum Gasteiger partial charge on any atom is 0.376 e. The van der Waals surface area contributed by atoms with Crippen molar-refractivity contribution in [2.24, 2.45) is 34.5 Å². The van der Waals surface area contributed by atoms with Gasteiger partial charge in [0.15, 0.2) is 29.4 Å². The summed E-state index contributed by atoms with van der Waals surface area (Å²) in [6.45, 7) is 7.60. The first-order chi connectivity index (χ1) is 38.5. The van der Waals surface area contributed by atoms with E-state index in [1.54, 1.807) is 0 Å². The number of hydrogen-bond acceptors (Lipinski definition) is 6.